The van der Waals surface area contributed by atoms with Crippen molar-refractivity contribution in [3.05, 3.63) is 35.9 Å². The molecule has 2 aliphatic rings. The Labute approximate surface area is 175 Å². The molecule has 0 bridgehead atoms. The van der Waals surface area contributed by atoms with Crippen LogP contribution < -0.4 is 5.73 Å². The maximum Gasteiger partial charge on any atom is 0.410 e. The Bertz CT molecular complexity index is 599. The quantitative estimate of drug-likeness (QED) is 0.793. The van der Waals surface area contributed by atoms with E-state index in [4.69, 9.17) is 10.5 Å². The van der Waals surface area contributed by atoms with Gasteiger partial charge in [0, 0.05) is 44.6 Å². The van der Waals surface area contributed by atoms with E-state index >= 15 is 0 Å². The first-order valence-electron chi connectivity index (χ1n) is 9.30. The standard InChI is InChI=1S/C20H31N3O2.2ClH/c1-16(17-7-5-4-6-8-17)13-23-15-20(25-18(23)24)9-11-22(12-10-20)14-19(2,3)21;;/h4-8,16H,9-15,21H2,1-3H3;2*1H. The Balaban J connectivity index is 0.00000182. The Morgan fingerprint density at radius 2 is 1.78 bits per heavy atom. The third-order valence-corrected chi connectivity index (χ3v) is 5.30. The molecule has 1 aromatic rings. The van der Waals surface area contributed by atoms with Gasteiger partial charge in [-0.25, -0.2) is 4.79 Å². The molecule has 7 heteroatoms. The van der Waals surface area contributed by atoms with Crippen molar-refractivity contribution in [1.82, 2.24) is 9.80 Å². The van der Waals surface area contributed by atoms with Gasteiger partial charge in [-0.2, -0.15) is 0 Å². The van der Waals surface area contributed by atoms with Gasteiger partial charge in [0.25, 0.3) is 0 Å². The van der Waals surface area contributed by atoms with E-state index in [0.29, 0.717) is 19.0 Å². The highest BCUT2D eigenvalue weighted by Gasteiger charge is 2.47. The fourth-order valence-corrected chi connectivity index (χ4v) is 4.01. The zero-order valence-electron chi connectivity index (χ0n) is 16.5. The highest BCUT2D eigenvalue weighted by atomic mass is 35.5. The van der Waals surface area contributed by atoms with E-state index in [1.807, 2.05) is 23.1 Å². The molecule has 1 unspecified atom stereocenters. The van der Waals surface area contributed by atoms with Crippen LogP contribution in [-0.4, -0.2) is 59.8 Å². The van der Waals surface area contributed by atoms with Crippen molar-refractivity contribution in [2.24, 2.45) is 5.73 Å². The second kappa shape index (κ2) is 9.46. The van der Waals surface area contributed by atoms with Crippen LogP contribution in [0.4, 0.5) is 4.79 Å². The van der Waals surface area contributed by atoms with Crippen LogP contribution in [0.2, 0.25) is 0 Å². The lowest BCUT2D eigenvalue weighted by Gasteiger charge is -2.39. The molecule has 2 heterocycles. The third-order valence-electron chi connectivity index (χ3n) is 5.30. The average molecular weight is 418 g/mol. The molecule has 2 N–H and O–H groups in total. The molecule has 1 spiro atoms. The van der Waals surface area contributed by atoms with Crippen molar-refractivity contribution < 1.29 is 9.53 Å². The Hall–Kier alpha value is -1.01. The molecule has 1 atom stereocenters. The minimum Gasteiger partial charge on any atom is -0.441 e. The van der Waals surface area contributed by atoms with Crippen molar-refractivity contribution in [2.45, 2.75) is 50.7 Å². The molecule has 1 aromatic carbocycles. The highest BCUT2D eigenvalue weighted by molar-refractivity contribution is 5.85. The minimum absolute atomic E-state index is 0. The van der Waals surface area contributed by atoms with Crippen LogP contribution >= 0.6 is 24.8 Å². The molecular formula is C20H33Cl2N3O2. The Morgan fingerprint density at radius 1 is 1.19 bits per heavy atom. The van der Waals surface area contributed by atoms with Gasteiger partial charge >= 0.3 is 6.09 Å². The van der Waals surface area contributed by atoms with Crippen molar-refractivity contribution in [1.29, 1.82) is 0 Å². The number of nitrogens with two attached hydrogens (primary N) is 1. The van der Waals surface area contributed by atoms with Crippen LogP contribution in [0, 0.1) is 0 Å². The SMILES string of the molecule is CC(CN1CC2(CCN(CC(C)(C)N)CC2)OC1=O)c1ccccc1.Cl.Cl. The predicted molar refractivity (Wildman–Crippen MR) is 114 cm³/mol. The number of benzene rings is 1. The molecule has 27 heavy (non-hydrogen) atoms. The summed E-state index contributed by atoms with van der Waals surface area (Å²) in [5.41, 5.74) is 6.90. The van der Waals surface area contributed by atoms with E-state index in [1.165, 1.54) is 5.56 Å². The number of hydrogen-bond acceptors (Lipinski definition) is 4. The van der Waals surface area contributed by atoms with Crippen LogP contribution in [0.1, 0.15) is 45.1 Å². The van der Waals surface area contributed by atoms with Crippen LogP contribution in [0.3, 0.4) is 0 Å². The van der Waals surface area contributed by atoms with E-state index < -0.39 is 0 Å². The first-order valence-corrected chi connectivity index (χ1v) is 9.30. The van der Waals surface area contributed by atoms with Crippen LogP contribution in [-0.2, 0) is 4.74 Å². The lowest BCUT2D eigenvalue weighted by atomic mass is 9.90. The second-order valence-electron chi connectivity index (χ2n) is 8.51. The molecule has 5 nitrogen and oxygen atoms in total. The first-order chi connectivity index (χ1) is 11.8. The molecule has 0 saturated carbocycles. The molecule has 0 aliphatic carbocycles. The molecule has 3 rings (SSSR count). The van der Waals surface area contributed by atoms with Crippen LogP contribution in [0.5, 0.6) is 0 Å². The number of rotatable bonds is 5. The van der Waals surface area contributed by atoms with Gasteiger partial charge in [-0.05, 0) is 25.3 Å². The topological polar surface area (TPSA) is 58.8 Å². The molecule has 2 aliphatic heterocycles. The van der Waals surface area contributed by atoms with Crippen molar-refractivity contribution in [3.63, 3.8) is 0 Å². The molecular weight excluding hydrogens is 385 g/mol. The van der Waals surface area contributed by atoms with Gasteiger partial charge in [-0.15, -0.1) is 24.8 Å². The van der Waals surface area contributed by atoms with Gasteiger partial charge in [0.15, 0.2) is 0 Å². The van der Waals surface area contributed by atoms with E-state index in [9.17, 15) is 4.79 Å². The monoisotopic (exact) mass is 417 g/mol. The van der Waals surface area contributed by atoms with E-state index in [2.05, 4.69) is 37.8 Å². The zero-order valence-corrected chi connectivity index (χ0v) is 18.2. The summed E-state index contributed by atoms with van der Waals surface area (Å²) in [4.78, 5) is 16.7. The van der Waals surface area contributed by atoms with Gasteiger partial charge in [0.1, 0.15) is 5.60 Å². The summed E-state index contributed by atoms with van der Waals surface area (Å²) < 4.78 is 5.85. The van der Waals surface area contributed by atoms with Crippen molar-refractivity contribution in [2.75, 3.05) is 32.7 Å². The molecule has 0 radical (unpaired) electrons. The highest BCUT2D eigenvalue weighted by Crippen LogP contribution is 2.34. The Kier molecular flexibility index (Phi) is 8.42. The van der Waals surface area contributed by atoms with Crippen molar-refractivity contribution in [3.8, 4) is 0 Å². The summed E-state index contributed by atoms with van der Waals surface area (Å²) in [6.07, 6.45) is 1.63. The fraction of sp³-hybridized carbons (Fsp3) is 0.650. The van der Waals surface area contributed by atoms with Gasteiger partial charge in [0.05, 0.1) is 6.54 Å². The van der Waals surface area contributed by atoms with Gasteiger partial charge in [-0.1, -0.05) is 37.3 Å². The largest absolute Gasteiger partial charge is 0.441 e. The summed E-state index contributed by atoms with van der Waals surface area (Å²) in [6.45, 7) is 10.5. The maximum absolute atomic E-state index is 12.4. The van der Waals surface area contributed by atoms with Crippen LogP contribution in [0.15, 0.2) is 30.3 Å². The number of carbonyl (C=O) groups is 1. The fourth-order valence-electron chi connectivity index (χ4n) is 4.01. The molecule has 2 saturated heterocycles. The van der Waals surface area contributed by atoms with Gasteiger partial charge < -0.3 is 20.3 Å². The number of hydrogen-bond donors (Lipinski definition) is 1. The predicted octanol–water partition coefficient (Wildman–Crippen LogP) is 3.66. The number of piperidine rings is 1. The molecule has 1 amide bonds. The van der Waals surface area contributed by atoms with Crippen molar-refractivity contribution >= 4 is 30.9 Å². The number of likely N-dealkylation sites (tertiary alicyclic amines) is 1. The first kappa shape index (κ1) is 24.0. The third kappa shape index (κ3) is 6.24. The number of carbonyl (C=O) groups excluding carboxylic acids is 1. The van der Waals surface area contributed by atoms with E-state index in [0.717, 1.165) is 32.5 Å². The van der Waals surface area contributed by atoms with Gasteiger partial charge in [-0.3, -0.25) is 0 Å². The summed E-state index contributed by atoms with van der Waals surface area (Å²) in [6, 6.07) is 10.4. The zero-order chi connectivity index (χ0) is 18.1. The number of halogens is 2. The molecule has 154 valence electrons. The van der Waals surface area contributed by atoms with E-state index in [1.54, 1.807) is 0 Å². The summed E-state index contributed by atoms with van der Waals surface area (Å²) in [5, 5.41) is 0. The number of nitrogens with zero attached hydrogens (tertiary/aromatic N) is 2. The lowest BCUT2D eigenvalue weighted by Crippen LogP contribution is -2.52. The smallest absolute Gasteiger partial charge is 0.410 e. The number of amides is 1. The molecule has 0 aromatic heterocycles. The Morgan fingerprint density at radius 3 is 2.33 bits per heavy atom. The summed E-state index contributed by atoms with van der Waals surface area (Å²) in [7, 11) is 0. The van der Waals surface area contributed by atoms with Gasteiger partial charge in [0.2, 0.25) is 0 Å². The lowest BCUT2D eigenvalue weighted by molar-refractivity contribution is -0.00291. The summed E-state index contributed by atoms with van der Waals surface area (Å²) in [5.74, 6) is 0.307. The average Bonchev–Trinajstić information content (AvgIpc) is 2.85. The van der Waals surface area contributed by atoms with E-state index in [-0.39, 0.29) is 42.0 Å². The minimum atomic E-state index is -0.303. The van der Waals surface area contributed by atoms with Crippen LogP contribution in [0.25, 0.3) is 0 Å². The number of ether oxygens (including phenoxy) is 1. The maximum atomic E-state index is 12.4. The normalized spacial score (nSPS) is 20.6. The molecule has 2 fully saturated rings. The summed E-state index contributed by atoms with van der Waals surface area (Å²) >= 11 is 0. The second-order valence-corrected chi connectivity index (χ2v) is 8.51.